The number of hydrogen-bond acceptors (Lipinski definition) is 4. The van der Waals surface area contributed by atoms with Gasteiger partial charge in [-0.25, -0.2) is 0 Å². The summed E-state index contributed by atoms with van der Waals surface area (Å²) in [7, 11) is 1.60. The molecule has 0 bridgehead atoms. The molecule has 0 unspecified atom stereocenters. The molecule has 2 aliphatic rings. The first-order valence-electron chi connectivity index (χ1n) is 8.79. The first-order chi connectivity index (χ1) is 12.7. The number of carbonyl (C=O) groups is 1. The van der Waals surface area contributed by atoms with Crippen LogP contribution in [0.15, 0.2) is 42.5 Å². The number of carbonyl (C=O) groups excluding carboxylic acids is 1. The van der Waals surface area contributed by atoms with Crippen LogP contribution < -0.4 is 10.1 Å². The maximum atomic E-state index is 13.2. The SMILES string of the molecule is COc1ccc([C@@H]2Nc3ccccc3C(=O)N2C[C@@H]2CCCO2)c(Cl)c1. The van der Waals surface area contributed by atoms with E-state index in [4.69, 9.17) is 21.1 Å². The molecule has 5 nitrogen and oxygen atoms in total. The molecule has 26 heavy (non-hydrogen) atoms. The quantitative estimate of drug-likeness (QED) is 0.878. The summed E-state index contributed by atoms with van der Waals surface area (Å²) in [5.41, 5.74) is 2.33. The average Bonchev–Trinajstić information content (AvgIpc) is 3.17. The molecule has 0 aliphatic carbocycles. The summed E-state index contributed by atoms with van der Waals surface area (Å²) in [4.78, 5) is 15.0. The smallest absolute Gasteiger partial charge is 0.257 e. The zero-order valence-corrected chi connectivity index (χ0v) is 15.3. The number of nitrogens with zero attached hydrogens (tertiary/aromatic N) is 1. The highest BCUT2D eigenvalue weighted by molar-refractivity contribution is 6.31. The maximum Gasteiger partial charge on any atom is 0.257 e. The molecule has 2 atom stereocenters. The summed E-state index contributed by atoms with van der Waals surface area (Å²) >= 11 is 6.51. The molecule has 0 aromatic heterocycles. The first kappa shape index (κ1) is 17.2. The zero-order chi connectivity index (χ0) is 18.1. The number of fused-ring (bicyclic) bond motifs is 1. The van der Waals surface area contributed by atoms with Crippen molar-refractivity contribution in [3.05, 3.63) is 58.6 Å². The Labute approximate surface area is 157 Å². The molecule has 2 heterocycles. The van der Waals surface area contributed by atoms with Gasteiger partial charge in [0.05, 0.1) is 23.8 Å². The van der Waals surface area contributed by atoms with Crippen molar-refractivity contribution in [1.29, 1.82) is 0 Å². The molecule has 4 rings (SSSR count). The second-order valence-electron chi connectivity index (χ2n) is 6.57. The Morgan fingerprint density at radius 1 is 1.31 bits per heavy atom. The van der Waals surface area contributed by atoms with Crippen LogP contribution in [0.4, 0.5) is 5.69 Å². The number of ether oxygens (including phenoxy) is 2. The van der Waals surface area contributed by atoms with Crippen LogP contribution in [-0.2, 0) is 4.74 Å². The molecular formula is C20H21ClN2O3. The van der Waals surface area contributed by atoms with Gasteiger partial charge in [0.15, 0.2) is 0 Å². The topological polar surface area (TPSA) is 50.8 Å². The van der Waals surface area contributed by atoms with Gasteiger partial charge in [-0.15, -0.1) is 0 Å². The Kier molecular flexibility index (Phi) is 4.74. The summed E-state index contributed by atoms with van der Waals surface area (Å²) < 4.78 is 11.0. The standard InChI is InChI=1S/C20H21ClN2O3/c1-25-13-8-9-15(17(21)11-13)19-22-18-7-3-2-6-16(18)20(24)23(19)12-14-5-4-10-26-14/h2-3,6-9,11,14,19,22H,4-5,10,12H2,1H3/t14-,19+/m0/s1. The third-order valence-corrected chi connectivity index (χ3v) is 5.28. The van der Waals surface area contributed by atoms with Crippen molar-refractivity contribution in [2.24, 2.45) is 0 Å². The van der Waals surface area contributed by atoms with E-state index in [1.807, 2.05) is 41.3 Å². The van der Waals surface area contributed by atoms with E-state index in [0.717, 1.165) is 30.7 Å². The van der Waals surface area contributed by atoms with E-state index in [0.29, 0.717) is 22.9 Å². The van der Waals surface area contributed by atoms with Crippen LogP contribution in [0, 0.1) is 0 Å². The van der Waals surface area contributed by atoms with Crippen molar-refractivity contribution in [3.8, 4) is 5.75 Å². The lowest BCUT2D eigenvalue weighted by atomic mass is 10.0. The molecule has 2 aromatic rings. The summed E-state index contributed by atoms with van der Waals surface area (Å²) in [6.45, 7) is 1.29. The number of methoxy groups -OCH3 is 1. The largest absolute Gasteiger partial charge is 0.497 e. The summed E-state index contributed by atoms with van der Waals surface area (Å²) in [6, 6.07) is 13.1. The molecule has 1 N–H and O–H groups in total. The molecule has 0 spiro atoms. The molecule has 0 radical (unpaired) electrons. The lowest BCUT2D eigenvalue weighted by Crippen LogP contribution is -2.46. The maximum absolute atomic E-state index is 13.2. The van der Waals surface area contributed by atoms with Gasteiger partial charge in [0.1, 0.15) is 11.9 Å². The van der Waals surface area contributed by atoms with Crippen molar-refractivity contribution in [2.45, 2.75) is 25.1 Å². The van der Waals surface area contributed by atoms with E-state index in [1.54, 1.807) is 13.2 Å². The van der Waals surface area contributed by atoms with Gasteiger partial charge in [0.25, 0.3) is 5.91 Å². The van der Waals surface area contributed by atoms with E-state index < -0.39 is 0 Å². The van der Waals surface area contributed by atoms with Crippen LogP contribution in [0.1, 0.15) is 34.9 Å². The van der Waals surface area contributed by atoms with Gasteiger partial charge in [0, 0.05) is 24.4 Å². The lowest BCUT2D eigenvalue weighted by Gasteiger charge is -2.39. The van der Waals surface area contributed by atoms with E-state index in [-0.39, 0.29) is 18.2 Å². The van der Waals surface area contributed by atoms with Crippen molar-refractivity contribution in [2.75, 3.05) is 25.6 Å². The molecule has 0 saturated carbocycles. The minimum Gasteiger partial charge on any atom is -0.497 e. The number of amides is 1. The van der Waals surface area contributed by atoms with Gasteiger partial charge >= 0.3 is 0 Å². The molecule has 1 saturated heterocycles. The predicted octanol–water partition coefficient (Wildman–Crippen LogP) is 4.09. The predicted molar refractivity (Wildman–Crippen MR) is 101 cm³/mol. The van der Waals surface area contributed by atoms with Gasteiger partial charge in [-0.2, -0.15) is 0 Å². The van der Waals surface area contributed by atoms with Crippen molar-refractivity contribution >= 4 is 23.2 Å². The Balaban J connectivity index is 1.73. The fourth-order valence-corrected chi connectivity index (χ4v) is 3.86. The fourth-order valence-electron chi connectivity index (χ4n) is 3.59. The van der Waals surface area contributed by atoms with E-state index in [2.05, 4.69) is 5.32 Å². The summed E-state index contributed by atoms with van der Waals surface area (Å²) in [6.07, 6.45) is 1.71. The number of benzene rings is 2. The van der Waals surface area contributed by atoms with Gasteiger partial charge < -0.3 is 19.7 Å². The Morgan fingerprint density at radius 2 is 2.15 bits per heavy atom. The molecule has 2 aliphatic heterocycles. The zero-order valence-electron chi connectivity index (χ0n) is 14.6. The van der Waals surface area contributed by atoms with Crippen LogP contribution in [0.3, 0.4) is 0 Å². The van der Waals surface area contributed by atoms with Crippen LogP contribution >= 0.6 is 11.6 Å². The molecule has 6 heteroatoms. The second-order valence-corrected chi connectivity index (χ2v) is 6.98. The van der Waals surface area contributed by atoms with Gasteiger partial charge in [0.2, 0.25) is 0 Å². The Morgan fingerprint density at radius 3 is 2.88 bits per heavy atom. The third kappa shape index (κ3) is 3.13. The fraction of sp³-hybridized carbons (Fsp3) is 0.350. The van der Waals surface area contributed by atoms with Crippen LogP contribution in [0.25, 0.3) is 0 Å². The Hall–Kier alpha value is -2.24. The molecular weight excluding hydrogens is 352 g/mol. The van der Waals surface area contributed by atoms with Crippen molar-refractivity contribution in [3.63, 3.8) is 0 Å². The highest BCUT2D eigenvalue weighted by Gasteiger charge is 2.36. The van der Waals surface area contributed by atoms with Gasteiger partial charge in [-0.05, 0) is 43.2 Å². The molecule has 136 valence electrons. The molecule has 2 aromatic carbocycles. The second kappa shape index (κ2) is 7.17. The number of nitrogens with one attached hydrogen (secondary N) is 1. The number of para-hydroxylation sites is 1. The van der Waals surface area contributed by atoms with Crippen molar-refractivity contribution < 1.29 is 14.3 Å². The summed E-state index contributed by atoms with van der Waals surface area (Å²) in [5, 5.41) is 4.03. The monoisotopic (exact) mass is 372 g/mol. The summed E-state index contributed by atoms with van der Waals surface area (Å²) in [5.74, 6) is 0.679. The first-order valence-corrected chi connectivity index (χ1v) is 9.17. The van der Waals surface area contributed by atoms with Gasteiger partial charge in [-0.3, -0.25) is 4.79 Å². The number of halogens is 1. The van der Waals surface area contributed by atoms with E-state index in [9.17, 15) is 4.79 Å². The van der Waals surface area contributed by atoms with Crippen LogP contribution in [0.5, 0.6) is 5.75 Å². The highest BCUT2D eigenvalue weighted by Crippen LogP contribution is 2.37. The molecule has 1 fully saturated rings. The van der Waals surface area contributed by atoms with Crippen LogP contribution in [-0.4, -0.2) is 37.2 Å². The average molecular weight is 373 g/mol. The lowest BCUT2D eigenvalue weighted by molar-refractivity contribution is 0.0427. The van der Waals surface area contributed by atoms with Crippen molar-refractivity contribution in [1.82, 2.24) is 4.90 Å². The van der Waals surface area contributed by atoms with E-state index >= 15 is 0 Å². The minimum absolute atomic E-state index is 0.00765. The van der Waals surface area contributed by atoms with Crippen LogP contribution in [0.2, 0.25) is 5.02 Å². The Bertz CT molecular complexity index is 820. The highest BCUT2D eigenvalue weighted by atomic mass is 35.5. The number of anilines is 1. The third-order valence-electron chi connectivity index (χ3n) is 4.95. The minimum atomic E-state index is -0.347. The van der Waals surface area contributed by atoms with E-state index in [1.165, 1.54) is 0 Å². The normalized spacial score (nSPS) is 22.1. The number of hydrogen-bond donors (Lipinski definition) is 1. The van der Waals surface area contributed by atoms with Gasteiger partial charge in [-0.1, -0.05) is 23.7 Å². The number of rotatable bonds is 4. The molecule has 1 amide bonds.